The van der Waals surface area contributed by atoms with E-state index in [1.54, 1.807) is 6.92 Å². The van der Waals surface area contributed by atoms with Gasteiger partial charge in [-0.05, 0) is 6.42 Å². The molecule has 0 aliphatic heterocycles. The molecule has 0 unspecified atom stereocenters. The summed E-state index contributed by atoms with van der Waals surface area (Å²) in [7, 11) is 0. The van der Waals surface area contributed by atoms with E-state index in [4.69, 9.17) is 10.2 Å². The van der Waals surface area contributed by atoms with Crippen LogP contribution in [0.1, 0.15) is 13.3 Å². The SMILES string of the molecule is CCC(CO)(CO)NC(=O)C(F)F. The van der Waals surface area contributed by atoms with Gasteiger partial charge in [0.2, 0.25) is 0 Å². The minimum absolute atomic E-state index is 0.179. The predicted molar refractivity (Wildman–Crippen MR) is 41.3 cm³/mol. The summed E-state index contributed by atoms with van der Waals surface area (Å²) >= 11 is 0. The van der Waals surface area contributed by atoms with Gasteiger partial charge in [-0.15, -0.1) is 0 Å². The largest absolute Gasteiger partial charge is 0.394 e. The first-order valence-corrected chi connectivity index (χ1v) is 3.83. The third-order valence-corrected chi connectivity index (χ3v) is 1.87. The average molecular weight is 197 g/mol. The molecular formula is C7H13F2NO3. The van der Waals surface area contributed by atoms with Gasteiger partial charge in [-0.2, -0.15) is 8.78 Å². The lowest BCUT2D eigenvalue weighted by Crippen LogP contribution is -2.55. The molecule has 0 saturated carbocycles. The van der Waals surface area contributed by atoms with E-state index in [9.17, 15) is 13.6 Å². The number of carbonyl (C=O) groups is 1. The molecule has 0 aromatic heterocycles. The quantitative estimate of drug-likeness (QED) is 0.556. The maximum absolute atomic E-state index is 11.8. The van der Waals surface area contributed by atoms with Crippen molar-refractivity contribution >= 4 is 5.91 Å². The highest BCUT2D eigenvalue weighted by Gasteiger charge is 2.31. The van der Waals surface area contributed by atoms with Gasteiger partial charge in [-0.3, -0.25) is 4.79 Å². The van der Waals surface area contributed by atoms with Gasteiger partial charge >= 0.3 is 6.43 Å². The van der Waals surface area contributed by atoms with Crippen molar-refractivity contribution in [3.63, 3.8) is 0 Å². The molecule has 0 heterocycles. The zero-order valence-electron chi connectivity index (χ0n) is 7.26. The van der Waals surface area contributed by atoms with Crippen molar-refractivity contribution in [1.29, 1.82) is 0 Å². The lowest BCUT2D eigenvalue weighted by Gasteiger charge is -2.29. The third kappa shape index (κ3) is 3.23. The molecule has 78 valence electrons. The van der Waals surface area contributed by atoms with Crippen LogP contribution in [0.25, 0.3) is 0 Å². The van der Waals surface area contributed by atoms with Gasteiger partial charge < -0.3 is 15.5 Å². The number of halogens is 2. The number of amides is 1. The lowest BCUT2D eigenvalue weighted by atomic mass is 9.98. The fourth-order valence-electron chi connectivity index (χ4n) is 0.757. The zero-order chi connectivity index (χ0) is 10.5. The van der Waals surface area contributed by atoms with E-state index in [0.29, 0.717) is 0 Å². The Kier molecular flexibility index (Phi) is 4.79. The fraction of sp³-hybridized carbons (Fsp3) is 0.857. The van der Waals surface area contributed by atoms with Crippen molar-refractivity contribution in [2.24, 2.45) is 0 Å². The molecule has 0 aromatic rings. The van der Waals surface area contributed by atoms with Crippen LogP contribution in [-0.2, 0) is 4.79 Å². The summed E-state index contributed by atoms with van der Waals surface area (Å²) in [6, 6.07) is 0. The second-order valence-corrected chi connectivity index (χ2v) is 2.74. The number of nitrogens with one attached hydrogen (secondary N) is 1. The molecule has 0 aromatic carbocycles. The molecule has 0 bridgehead atoms. The molecule has 0 atom stereocenters. The Morgan fingerprint density at radius 1 is 1.46 bits per heavy atom. The standard InChI is InChI=1S/C7H13F2NO3/c1-2-7(3-11,4-12)10-6(13)5(8)9/h5,11-12H,2-4H2,1H3,(H,10,13). The monoisotopic (exact) mass is 197 g/mol. The topological polar surface area (TPSA) is 69.6 Å². The van der Waals surface area contributed by atoms with Gasteiger partial charge in [0, 0.05) is 0 Å². The van der Waals surface area contributed by atoms with E-state index in [1.807, 2.05) is 5.32 Å². The Balaban J connectivity index is 4.33. The normalized spacial score (nSPS) is 11.8. The van der Waals surface area contributed by atoms with Gasteiger partial charge in [0.25, 0.3) is 5.91 Å². The first-order chi connectivity index (χ1) is 6.01. The third-order valence-electron chi connectivity index (χ3n) is 1.87. The molecule has 4 nitrogen and oxygen atoms in total. The molecule has 0 radical (unpaired) electrons. The number of aliphatic hydroxyl groups excluding tert-OH is 2. The number of rotatable bonds is 5. The molecule has 1 amide bonds. The number of hydrogen-bond acceptors (Lipinski definition) is 3. The van der Waals surface area contributed by atoms with Crippen LogP contribution in [0, 0.1) is 0 Å². The zero-order valence-corrected chi connectivity index (χ0v) is 7.26. The average Bonchev–Trinajstić information content (AvgIpc) is 2.14. The van der Waals surface area contributed by atoms with Gasteiger partial charge in [0.15, 0.2) is 0 Å². The molecule has 3 N–H and O–H groups in total. The molecule has 0 fully saturated rings. The van der Waals surface area contributed by atoms with Crippen molar-refractivity contribution in [2.75, 3.05) is 13.2 Å². The molecular weight excluding hydrogens is 184 g/mol. The Labute approximate surface area is 74.6 Å². The van der Waals surface area contributed by atoms with Crippen LogP contribution in [0.15, 0.2) is 0 Å². The van der Waals surface area contributed by atoms with Crippen LogP contribution in [0.3, 0.4) is 0 Å². The number of hydrogen-bond donors (Lipinski definition) is 3. The molecule has 13 heavy (non-hydrogen) atoms. The van der Waals surface area contributed by atoms with Crippen molar-refractivity contribution in [3.05, 3.63) is 0 Å². The molecule has 0 rings (SSSR count). The van der Waals surface area contributed by atoms with E-state index in [2.05, 4.69) is 0 Å². The smallest absolute Gasteiger partial charge is 0.315 e. The van der Waals surface area contributed by atoms with Crippen LogP contribution in [-0.4, -0.2) is 41.3 Å². The summed E-state index contributed by atoms with van der Waals surface area (Å²) in [6.45, 7) is 0.426. The van der Waals surface area contributed by atoms with E-state index in [1.165, 1.54) is 0 Å². The highest BCUT2D eigenvalue weighted by molar-refractivity contribution is 5.79. The number of alkyl halides is 2. The fourth-order valence-corrected chi connectivity index (χ4v) is 0.757. The van der Waals surface area contributed by atoms with Crippen molar-refractivity contribution in [2.45, 2.75) is 25.3 Å². The van der Waals surface area contributed by atoms with Crippen LogP contribution in [0.2, 0.25) is 0 Å². The minimum Gasteiger partial charge on any atom is -0.394 e. The first-order valence-electron chi connectivity index (χ1n) is 3.83. The van der Waals surface area contributed by atoms with Gasteiger partial charge in [-0.25, -0.2) is 0 Å². The van der Waals surface area contributed by atoms with Gasteiger partial charge in [0.1, 0.15) is 0 Å². The summed E-state index contributed by atoms with van der Waals surface area (Å²) < 4.78 is 23.6. The highest BCUT2D eigenvalue weighted by atomic mass is 19.3. The second-order valence-electron chi connectivity index (χ2n) is 2.74. The maximum atomic E-state index is 11.8. The highest BCUT2D eigenvalue weighted by Crippen LogP contribution is 2.09. The van der Waals surface area contributed by atoms with Gasteiger partial charge in [0.05, 0.1) is 18.8 Å². The first kappa shape index (κ1) is 12.2. The van der Waals surface area contributed by atoms with Crippen molar-refractivity contribution < 1.29 is 23.8 Å². The Hall–Kier alpha value is -0.750. The van der Waals surface area contributed by atoms with E-state index in [-0.39, 0.29) is 6.42 Å². The van der Waals surface area contributed by atoms with E-state index in [0.717, 1.165) is 0 Å². The van der Waals surface area contributed by atoms with Gasteiger partial charge in [-0.1, -0.05) is 6.92 Å². The van der Waals surface area contributed by atoms with E-state index < -0.39 is 31.1 Å². The van der Waals surface area contributed by atoms with Crippen LogP contribution < -0.4 is 5.32 Å². The minimum atomic E-state index is -3.14. The summed E-state index contributed by atoms with van der Waals surface area (Å²) in [6.07, 6.45) is -2.96. The summed E-state index contributed by atoms with van der Waals surface area (Å²) in [5.74, 6) is -1.48. The number of aliphatic hydroxyl groups is 2. The lowest BCUT2D eigenvalue weighted by molar-refractivity contribution is -0.135. The Morgan fingerprint density at radius 3 is 2.15 bits per heavy atom. The predicted octanol–water partition coefficient (Wildman–Crippen LogP) is -0.499. The summed E-state index contributed by atoms with van der Waals surface area (Å²) in [5, 5.41) is 19.5. The number of carbonyl (C=O) groups excluding carboxylic acids is 1. The Morgan fingerprint density at radius 2 is 1.92 bits per heavy atom. The van der Waals surface area contributed by atoms with Crippen LogP contribution in [0.5, 0.6) is 0 Å². The Bertz CT molecular complexity index is 163. The second kappa shape index (κ2) is 5.08. The molecule has 6 heteroatoms. The summed E-state index contributed by atoms with van der Waals surface area (Å²) in [5.41, 5.74) is -1.34. The van der Waals surface area contributed by atoms with E-state index >= 15 is 0 Å². The van der Waals surface area contributed by atoms with Crippen molar-refractivity contribution in [1.82, 2.24) is 5.32 Å². The van der Waals surface area contributed by atoms with Crippen molar-refractivity contribution in [3.8, 4) is 0 Å². The van der Waals surface area contributed by atoms with Crippen LogP contribution in [0.4, 0.5) is 8.78 Å². The maximum Gasteiger partial charge on any atom is 0.315 e. The van der Waals surface area contributed by atoms with Crippen LogP contribution >= 0.6 is 0 Å². The molecule has 0 spiro atoms. The molecule has 0 saturated heterocycles. The molecule has 0 aliphatic rings. The molecule has 0 aliphatic carbocycles. The summed E-state index contributed by atoms with van der Waals surface area (Å²) in [4.78, 5) is 10.6.